The van der Waals surface area contributed by atoms with Gasteiger partial charge in [-0.1, -0.05) is 65.7 Å². The summed E-state index contributed by atoms with van der Waals surface area (Å²) in [6, 6.07) is 24.3. The molecule has 3 aromatic carbocycles. The second kappa shape index (κ2) is 10.0. The topological polar surface area (TPSA) is 58.6 Å². The van der Waals surface area contributed by atoms with Crippen molar-refractivity contribution >= 4 is 29.3 Å². The number of benzene rings is 3. The van der Waals surface area contributed by atoms with Crippen LogP contribution in [0.4, 0.5) is 5.69 Å². The summed E-state index contributed by atoms with van der Waals surface area (Å²) in [6.07, 6.45) is 8.14. The predicted molar refractivity (Wildman–Crippen MR) is 146 cm³/mol. The molecule has 0 atom stereocenters. The molecule has 0 aliphatic heterocycles. The maximum atomic E-state index is 12.6. The maximum absolute atomic E-state index is 12.6. The lowest BCUT2D eigenvalue weighted by molar-refractivity contribution is -0.143. The average Bonchev–Trinajstić information content (AvgIpc) is 3.19. The molecule has 1 spiro atoms. The van der Waals surface area contributed by atoms with Gasteiger partial charge in [-0.3, -0.25) is 0 Å². The maximum Gasteiger partial charge on any atom is 0.329 e. The highest BCUT2D eigenvalue weighted by atomic mass is 35.5. The second-order valence-electron chi connectivity index (χ2n) is 10.1. The van der Waals surface area contributed by atoms with Crippen LogP contribution in [-0.2, 0) is 16.6 Å². The van der Waals surface area contributed by atoms with E-state index in [4.69, 9.17) is 16.3 Å². The first-order valence-corrected chi connectivity index (χ1v) is 13.0. The van der Waals surface area contributed by atoms with Gasteiger partial charge in [-0.25, -0.2) is 4.79 Å². The van der Waals surface area contributed by atoms with Gasteiger partial charge in [-0.05, 0) is 92.0 Å². The third-order valence-corrected chi connectivity index (χ3v) is 8.30. The molecule has 0 aromatic heterocycles. The van der Waals surface area contributed by atoms with Gasteiger partial charge in [-0.2, -0.15) is 0 Å². The molecule has 5 heteroatoms. The number of methoxy groups -OCH3 is 1. The molecule has 0 amide bonds. The Bertz CT molecular complexity index is 1270. The zero-order valence-corrected chi connectivity index (χ0v) is 21.4. The van der Waals surface area contributed by atoms with Crippen LogP contribution in [0, 0.1) is 0 Å². The van der Waals surface area contributed by atoms with Gasteiger partial charge in [0.2, 0.25) is 0 Å². The van der Waals surface area contributed by atoms with E-state index in [1.165, 1.54) is 22.3 Å². The first-order chi connectivity index (χ1) is 17.4. The van der Waals surface area contributed by atoms with E-state index >= 15 is 0 Å². The van der Waals surface area contributed by atoms with Gasteiger partial charge < -0.3 is 15.2 Å². The molecule has 0 saturated heterocycles. The standard InChI is InChI=1S/C31H32ClNO3/c1-36-27-14-12-22(13-15-27)6-4-8-24-20-23-7-2-3-11-28(23)30(24)16-18-31(19-17-30,29(34)35)33-26-10-5-9-25(32)21-26/h2-3,5,7,9-15,20-21,33H,4,6,8,16-19H2,1H3,(H,34,35). The summed E-state index contributed by atoms with van der Waals surface area (Å²) in [4.78, 5) is 12.6. The van der Waals surface area contributed by atoms with E-state index in [-0.39, 0.29) is 5.41 Å². The van der Waals surface area contributed by atoms with E-state index in [1.54, 1.807) is 19.2 Å². The summed E-state index contributed by atoms with van der Waals surface area (Å²) in [5.41, 5.74) is 5.04. The number of ether oxygens (including phenoxy) is 1. The number of hydrogen-bond acceptors (Lipinski definition) is 3. The fraction of sp³-hybridized carbons (Fsp3) is 0.323. The molecule has 2 N–H and O–H groups in total. The number of rotatable bonds is 8. The van der Waals surface area contributed by atoms with Crippen molar-refractivity contribution in [3.05, 3.63) is 100 Å². The number of carboxylic acids is 1. The molecule has 4 nitrogen and oxygen atoms in total. The minimum Gasteiger partial charge on any atom is -0.497 e. The Balaban J connectivity index is 1.35. The SMILES string of the molecule is COc1ccc(CCCC2=Cc3ccccc3C23CCC(Nc2cccc(Cl)c2)(C(=O)O)CC3)cc1. The number of aryl methyl sites for hydroxylation is 1. The molecule has 1 saturated carbocycles. The lowest BCUT2D eigenvalue weighted by Gasteiger charge is -2.45. The van der Waals surface area contributed by atoms with Crippen molar-refractivity contribution < 1.29 is 14.6 Å². The highest BCUT2D eigenvalue weighted by Crippen LogP contribution is 2.54. The summed E-state index contributed by atoms with van der Waals surface area (Å²) in [7, 11) is 1.69. The van der Waals surface area contributed by atoms with Crippen molar-refractivity contribution in [2.45, 2.75) is 55.9 Å². The van der Waals surface area contributed by atoms with Crippen LogP contribution in [0.15, 0.2) is 78.4 Å². The number of fused-ring (bicyclic) bond motifs is 2. The number of anilines is 1. The molecule has 2 aliphatic carbocycles. The molecule has 36 heavy (non-hydrogen) atoms. The Hall–Kier alpha value is -3.24. The quantitative estimate of drug-likeness (QED) is 0.335. The minimum absolute atomic E-state index is 0.0918. The zero-order valence-electron chi connectivity index (χ0n) is 20.6. The van der Waals surface area contributed by atoms with E-state index < -0.39 is 11.5 Å². The summed E-state index contributed by atoms with van der Waals surface area (Å²) < 4.78 is 5.28. The van der Waals surface area contributed by atoms with E-state index in [0.717, 1.165) is 43.5 Å². The third kappa shape index (κ3) is 4.62. The molecular formula is C31H32ClNO3. The predicted octanol–water partition coefficient (Wildman–Crippen LogP) is 7.52. The van der Waals surface area contributed by atoms with Crippen LogP contribution in [-0.4, -0.2) is 23.7 Å². The first-order valence-electron chi connectivity index (χ1n) is 12.6. The second-order valence-corrected chi connectivity index (χ2v) is 10.5. The lowest BCUT2D eigenvalue weighted by atomic mass is 9.61. The number of aliphatic carboxylic acids is 1. The van der Waals surface area contributed by atoms with Crippen LogP contribution in [0.25, 0.3) is 6.08 Å². The number of carbonyl (C=O) groups is 1. The van der Waals surface area contributed by atoms with Gasteiger partial charge in [0.1, 0.15) is 11.3 Å². The van der Waals surface area contributed by atoms with Crippen LogP contribution >= 0.6 is 11.6 Å². The van der Waals surface area contributed by atoms with Gasteiger partial charge in [0.25, 0.3) is 0 Å². The van der Waals surface area contributed by atoms with Crippen molar-refractivity contribution in [2.24, 2.45) is 0 Å². The Kier molecular flexibility index (Phi) is 6.81. The highest BCUT2D eigenvalue weighted by molar-refractivity contribution is 6.30. The smallest absolute Gasteiger partial charge is 0.329 e. The van der Waals surface area contributed by atoms with Crippen LogP contribution in [0.2, 0.25) is 5.02 Å². The van der Waals surface area contributed by atoms with Crippen molar-refractivity contribution in [1.82, 2.24) is 0 Å². The van der Waals surface area contributed by atoms with Crippen molar-refractivity contribution in [1.29, 1.82) is 0 Å². The molecule has 1 fully saturated rings. The average molecular weight is 502 g/mol. The first kappa shape index (κ1) is 24.5. The molecule has 0 unspecified atom stereocenters. The summed E-state index contributed by atoms with van der Waals surface area (Å²) in [5.74, 6) is 0.0794. The Morgan fingerprint density at radius 2 is 1.72 bits per heavy atom. The molecule has 3 aromatic rings. The highest BCUT2D eigenvalue weighted by Gasteiger charge is 2.51. The molecule has 0 radical (unpaired) electrons. The monoisotopic (exact) mass is 501 g/mol. The van der Waals surface area contributed by atoms with Crippen LogP contribution in [0.5, 0.6) is 5.75 Å². The Morgan fingerprint density at radius 3 is 2.42 bits per heavy atom. The molecule has 2 aliphatic rings. The number of carboxylic acid groups (broad SMARTS) is 1. The Labute approximate surface area is 218 Å². The minimum atomic E-state index is -0.998. The van der Waals surface area contributed by atoms with E-state index in [1.807, 2.05) is 24.3 Å². The van der Waals surface area contributed by atoms with Gasteiger partial charge >= 0.3 is 5.97 Å². The fourth-order valence-corrected chi connectivity index (χ4v) is 6.26. The van der Waals surface area contributed by atoms with Gasteiger partial charge in [0.05, 0.1) is 7.11 Å². The van der Waals surface area contributed by atoms with E-state index in [9.17, 15) is 9.90 Å². The summed E-state index contributed by atoms with van der Waals surface area (Å²) in [5, 5.41) is 14.2. The zero-order chi connectivity index (χ0) is 25.2. The van der Waals surface area contributed by atoms with Gasteiger partial charge in [0, 0.05) is 16.1 Å². The lowest BCUT2D eigenvalue weighted by Crippen LogP contribution is -2.52. The Morgan fingerprint density at radius 1 is 0.972 bits per heavy atom. The van der Waals surface area contributed by atoms with Gasteiger partial charge in [0.15, 0.2) is 0 Å². The largest absolute Gasteiger partial charge is 0.497 e. The fourth-order valence-electron chi connectivity index (χ4n) is 6.07. The van der Waals surface area contributed by atoms with Crippen LogP contribution in [0.3, 0.4) is 0 Å². The van der Waals surface area contributed by atoms with E-state index in [0.29, 0.717) is 17.9 Å². The number of halogens is 1. The third-order valence-electron chi connectivity index (χ3n) is 8.07. The molecule has 186 valence electrons. The molecule has 0 heterocycles. The van der Waals surface area contributed by atoms with E-state index in [2.05, 4.69) is 47.8 Å². The van der Waals surface area contributed by atoms with Crippen LogP contribution in [0.1, 0.15) is 55.2 Å². The van der Waals surface area contributed by atoms with Crippen LogP contribution < -0.4 is 10.1 Å². The molecular weight excluding hydrogens is 470 g/mol. The molecule has 0 bridgehead atoms. The van der Waals surface area contributed by atoms with Crippen molar-refractivity contribution in [3.63, 3.8) is 0 Å². The number of nitrogens with one attached hydrogen (secondary N) is 1. The van der Waals surface area contributed by atoms with Crippen molar-refractivity contribution in [2.75, 3.05) is 12.4 Å². The number of hydrogen-bond donors (Lipinski definition) is 2. The van der Waals surface area contributed by atoms with Crippen molar-refractivity contribution in [3.8, 4) is 5.75 Å². The number of allylic oxidation sites excluding steroid dienone is 1. The normalized spacial score (nSPS) is 22.7. The summed E-state index contributed by atoms with van der Waals surface area (Å²) >= 11 is 6.17. The molecule has 5 rings (SSSR count). The van der Waals surface area contributed by atoms with Gasteiger partial charge in [-0.15, -0.1) is 0 Å². The summed E-state index contributed by atoms with van der Waals surface area (Å²) in [6.45, 7) is 0.